The van der Waals surface area contributed by atoms with Crippen molar-refractivity contribution >= 4 is 11.6 Å². The van der Waals surface area contributed by atoms with Gasteiger partial charge in [0.1, 0.15) is 11.5 Å². The van der Waals surface area contributed by atoms with Crippen LogP contribution in [0, 0.1) is 0 Å². The molecule has 0 aromatic heterocycles. The molecule has 4 heteroatoms. The van der Waals surface area contributed by atoms with Crippen LogP contribution in [0.3, 0.4) is 0 Å². The van der Waals surface area contributed by atoms with E-state index < -0.39 is 0 Å². The highest BCUT2D eigenvalue weighted by Crippen LogP contribution is 2.28. The number of ketones is 2. The van der Waals surface area contributed by atoms with Crippen molar-refractivity contribution in [1.29, 1.82) is 0 Å². The highest BCUT2D eigenvalue weighted by atomic mass is 16.5. The van der Waals surface area contributed by atoms with Gasteiger partial charge in [0.25, 0.3) is 0 Å². The van der Waals surface area contributed by atoms with Crippen molar-refractivity contribution in [3.05, 3.63) is 70.3 Å². The smallest absolute Gasteiger partial charge is 0.186 e. The van der Waals surface area contributed by atoms with E-state index in [9.17, 15) is 9.59 Å². The molecule has 0 aromatic rings. The van der Waals surface area contributed by atoms with Crippen LogP contribution < -0.4 is 0 Å². The molecule has 4 nitrogen and oxygen atoms in total. The Kier molecular flexibility index (Phi) is 4.61. The van der Waals surface area contributed by atoms with E-state index in [1.54, 1.807) is 12.2 Å². The molecule has 0 heterocycles. The topological polar surface area (TPSA) is 52.6 Å². The summed E-state index contributed by atoms with van der Waals surface area (Å²) in [7, 11) is 3.02. The van der Waals surface area contributed by atoms with Crippen LogP contribution in [0.2, 0.25) is 0 Å². The molecular formula is C18H18O4. The highest BCUT2D eigenvalue weighted by molar-refractivity contribution is 6.03. The van der Waals surface area contributed by atoms with E-state index in [0.29, 0.717) is 17.1 Å². The Hall–Kier alpha value is -2.62. The lowest BCUT2D eigenvalue weighted by atomic mass is 9.92. The number of hydrogen-bond acceptors (Lipinski definition) is 4. The fourth-order valence-corrected chi connectivity index (χ4v) is 2.44. The summed E-state index contributed by atoms with van der Waals surface area (Å²) in [5.74, 6) is 0.736. The van der Waals surface area contributed by atoms with E-state index >= 15 is 0 Å². The molecule has 0 spiro atoms. The third kappa shape index (κ3) is 3.17. The number of ether oxygens (including phenoxy) is 2. The van der Waals surface area contributed by atoms with Gasteiger partial charge in [-0.25, -0.2) is 0 Å². The van der Waals surface area contributed by atoms with E-state index in [1.807, 2.05) is 26.0 Å². The van der Waals surface area contributed by atoms with E-state index in [1.165, 1.54) is 26.4 Å². The summed E-state index contributed by atoms with van der Waals surface area (Å²) < 4.78 is 10.5. The SMILES string of the molecule is COC1=CC(=O)C=C(OC)C1=CC=C1C(C)=CC(=O)C=C1C. The van der Waals surface area contributed by atoms with Crippen molar-refractivity contribution in [2.75, 3.05) is 14.2 Å². The summed E-state index contributed by atoms with van der Waals surface area (Å²) in [6.07, 6.45) is 9.76. The maximum atomic E-state index is 11.6. The minimum Gasteiger partial charge on any atom is -0.496 e. The monoisotopic (exact) mass is 298 g/mol. The molecule has 22 heavy (non-hydrogen) atoms. The highest BCUT2D eigenvalue weighted by Gasteiger charge is 2.19. The maximum absolute atomic E-state index is 11.6. The van der Waals surface area contributed by atoms with Gasteiger partial charge in [0.2, 0.25) is 0 Å². The van der Waals surface area contributed by atoms with Crippen LogP contribution in [-0.4, -0.2) is 25.8 Å². The first kappa shape index (κ1) is 15.8. The van der Waals surface area contributed by atoms with E-state index in [4.69, 9.17) is 9.47 Å². The average Bonchev–Trinajstić information content (AvgIpc) is 2.46. The van der Waals surface area contributed by atoms with Crippen molar-refractivity contribution in [3.8, 4) is 0 Å². The Bertz CT molecular complexity index is 659. The molecular weight excluding hydrogens is 280 g/mol. The molecule has 0 amide bonds. The van der Waals surface area contributed by atoms with E-state index in [-0.39, 0.29) is 11.6 Å². The maximum Gasteiger partial charge on any atom is 0.186 e. The van der Waals surface area contributed by atoms with Crippen LogP contribution in [0.1, 0.15) is 13.8 Å². The fraction of sp³-hybridized carbons (Fsp3) is 0.222. The largest absolute Gasteiger partial charge is 0.496 e. The van der Waals surface area contributed by atoms with Crippen LogP contribution in [0.5, 0.6) is 0 Å². The van der Waals surface area contributed by atoms with Gasteiger partial charge in [0, 0.05) is 12.2 Å². The van der Waals surface area contributed by atoms with Crippen molar-refractivity contribution in [2.45, 2.75) is 13.8 Å². The van der Waals surface area contributed by atoms with Crippen molar-refractivity contribution < 1.29 is 19.1 Å². The first-order chi connectivity index (χ1) is 10.5. The number of rotatable bonds is 3. The van der Waals surface area contributed by atoms with Crippen LogP contribution in [0.25, 0.3) is 0 Å². The number of hydrogen-bond donors (Lipinski definition) is 0. The fourth-order valence-electron chi connectivity index (χ4n) is 2.44. The molecule has 0 bridgehead atoms. The lowest BCUT2D eigenvalue weighted by Gasteiger charge is -2.17. The van der Waals surface area contributed by atoms with Crippen LogP contribution in [0.15, 0.2) is 70.3 Å². The van der Waals surface area contributed by atoms with Gasteiger partial charge >= 0.3 is 0 Å². The summed E-state index contributed by atoms with van der Waals surface area (Å²) >= 11 is 0. The molecule has 0 aromatic carbocycles. The average molecular weight is 298 g/mol. The molecule has 0 atom stereocenters. The molecule has 0 radical (unpaired) electrons. The third-order valence-electron chi connectivity index (χ3n) is 3.50. The van der Waals surface area contributed by atoms with Gasteiger partial charge in [-0.2, -0.15) is 0 Å². The van der Waals surface area contributed by atoms with Crippen molar-refractivity contribution in [2.24, 2.45) is 0 Å². The zero-order valence-corrected chi connectivity index (χ0v) is 13.1. The molecule has 114 valence electrons. The van der Waals surface area contributed by atoms with Gasteiger partial charge in [0.15, 0.2) is 11.6 Å². The lowest BCUT2D eigenvalue weighted by molar-refractivity contribution is -0.111. The molecule has 0 saturated carbocycles. The standard InChI is InChI=1S/C18H18O4/c1-11-7-13(19)8-12(2)15(11)5-6-16-17(21-3)9-14(20)10-18(16)22-4/h5-10H,1-4H3. The Labute approximate surface area is 129 Å². The third-order valence-corrected chi connectivity index (χ3v) is 3.50. The first-order valence-corrected chi connectivity index (χ1v) is 6.85. The van der Waals surface area contributed by atoms with Crippen LogP contribution >= 0.6 is 0 Å². The van der Waals surface area contributed by atoms with Crippen LogP contribution in [0.4, 0.5) is 0 Å². The summed E-state index contributed by atoms with van der Waals surface area (Å²) in [6.45, 7) is 3.78. The zero-order valence-electron chi connectivity index (χ0n) is 13.1. The van der Waals surface area contributed by atoms with Gasteiger partial charge in [-0.1, -0.05) is 6.08 Å². The van der Waals surface area contributed by atoms with Crippen molar-refractivity contribution in [3.63, 3.8) is 0 Å². The second-order valence-corrected chi connectivity index (χ2v) is 5.05. The van der Waals surface area contributed by atoms with E-state index in [0.717, 1.165) is 16.7 Å². The molecule has 2 rings (SSSR count). The molecule has 2 aliphatic rings. The summed E-state index contributed by atoms with van der Waals surface area (Å²) in [6, 6.07) is 0. The molecule has 0 unspecified atom stereocenters. The van der Waals surface area contributed by atoms with Gasteiger partial charge in [-0.05, 0) is 48.8 Å². The van der Waals surface area contributed by atoms with Crippen LogP contribution in [-0.2, 0) is 19.1 Å². The Morgan fingerprint density at radius 1 is 0.727 bits per heavy atom. The first-order valence-electron chi connectivity index (χ1n) is 6.85. The lowest BCUT2D eigenvalue weighted by Crippen LogP contribution is -2.08. The molecule has 0 saturated heterocycles. The normalized spacial score (nSPS) is 18.2. The Morgan fingerprint density at radius 3 is 1.59 bits per heavy atom. The van der Waals surface area contributed by atoms with Crippen molar-refractivity contribution in [1.82, 2.24) is 0 Å². The molecule has 0 N–H and O–H groups in total. The van der Waals surface area contributed by atoms with Gasteiger partial charge in [-0.15, -0.1) is 0 Å². The Balaban J connectivity index is 2.45. The number of carbonyl (C=O) groups is 2. The minimum atomic E-state index is -0.172. The zero-order chi connectivity index (χ0) is 16.3. The summed E-state index contributed by atoms with van der Waals surface area (Å²) in [5.41, 5.74) is 3.46. The quantitative estimate of drug-likeness (QED) is 0.804. The molecule has 0 fully saturated rings. The van der Waals surface area contributed by atoms with Gasteiger partial charge in [0.05, 0.1) is 19.8 Å². The summed E-state index contributed by atoms with van der Waals surface area (Å²) in [4.78, 5) is 23.1. The van der Waals surface area contributed by atoms with Gasteiger partial charge in [-0.3, -0.25) is 9.59 Å². The summed E-state index contributed by atoms with van der Waals surface area (Å²) in [5, 5.41) is 0. The van der Waals surface area contributed by atoms with Gasteiger partial charge < -0.3 is 9.47 Å². The van der Waals surface area contributed by atoms with E-state index in [2.05, 4.69) is 0 Å². The number of allylic oxidation sites excluding steroid dienone is 9. The Morgan fingerprint density at radius 2 is 1.14 bits per heavy atom. The second kappa shape index (κ2) is 6.43. The minimum absolute atomic E-state index is 0.00183. The molecule has 2 aliphatic carbocycles. The predicted octanol–water partition coefficient (Wildman–Crippen LogP) is 2.96. The second-order valence-electron chi connectivity index (χ2n) is 5.05. The molecule has 0 aliphatic heterocycles. The predicted molar refractivity (Wildman–Crippen MR) is 83.9 cm³/mol. The number of methoxy groups -OCH3 is 2. The number of carbonyl (C=O) groups excluding carboxylic acids is 2.